The molecule has 14 rings (SSSR count). The van der Waals surface area contributed by atoms with Gasteiger partial charge >= 0.3 is 11.9 Å². The number of nitrogens with zero attached hydrogens (tertiary/aromatic N) is 4. The number of aromatic nitrogens is 2. The number of esters is 2. The van der Waals surface area contributed by atoms with Gasteiger partial charge in [0, 0.05) is 63.3 Å². The van der Waals surface area contributed by atoms with E-state index < -0.39 is 44.1 Å². The number of aryl methyl sites for hydroxylation is 2. The molecule has 98 heavy (non-hydrogen) atoms. The summed E-state index contributed by atoms with van der Waals surface area (Å²) in [5.74, 6) is 0.955. The summed E-state index contributed by atoms with van der Waals surface area (Å²) in [5.41, 5.74) is 8.76. The molecular formula is C76H88N4O16S2. The van der Waals surface area contributed by atoms with Crippen molar-refractivity contribution in [2.75, 3.05) is 83.1 Å². The summed E-state index contributed by atoms with van der Waals surface area (Å²) in [6.45, 7) is 7.59. The number of fused-ring (bicyclic) bond motifs is 12. The summed E-state index contributed by atoms with van der Waals surface area (Å²) in [4.78, 5) is 32.5. The molecule has 2 saturated carbocycles. The van der Waals surface area contributed by atoms with Crippen LogP contribution in [0, 0.1) is 49.4 Å². The van der Waals surface area contributed by atoms with Crippen LogP contribution in [0.2, 0.25) is 0 Å². The van der Waals surface area contributed by atoms with Crippen LogP contribution in [-0.4, -0.2) is 154 Å². The van der Waals surface area contributed by atoms with Gasteiger partial charge in [0.1, 0.15) is 23.0 Å². The summed E-state index contributed by atoms with van der Waals surface area (Å²) in [6, 6.07) is 40.4. The standard InChI is InChI=1S/2C38H44N2O8S/c2*1-23-6-13-28(14-7-23)49(42,43)40-32-19-27(45-3)12-15-29(32)30-16-17-39-21-25-18-34(48-22-24-8-10-26(44-2)11-9-24)37(46-4)35(38(41)47-5)31(25)20-33(39)36(30)40/h2*6-15,19,25,31,33-35,37H,16-18,20-22H2,1-5H3/t2*25-,31+,33-,34-,35+,37+/m00/s1. The van der Waals surface area contributed by atoms with Crippen LogP contribution < -0.4 is 18.9 Å². The van der Waals surface area contributed by atoms with Crippen molar-refractivity contribution in [1.29, 1.82) is 0 Å². The van der Waals surface area contributed by atoms with Crippen molar-refractivity contribution in [3.8, 4) is 23.0 Å². The number of hydrogen-bond donors (Lipinski definition) is 0. The molecule has 20 nitrogen and oxygen atoms in total. The van der Waals surface area contributed by atoms with Crippen molar-refractivity contribution in [3.63, 3.8) is 0 Å². The molecule has 4 fully saturated rings. The third-order valence-electron chi connectivity index (χ3n) is 21.8. The highest BCUT2D eigenvalue weighted by molar-refractivity contribution is 7.90. The Kier molecular flexibility index (Phi) is 19.9. The topological polar surface area (TPSA) is 211 Å². The fraction of sp³-hybridized carbons (Fsp3) is 0.447. The lowest BCUT2D eigenvalue weighted by atomic mass is 9.63. The van der Waals surface area contributed by atoms with Gasteiger partial charge in [0.05, 0.1) is 136 Å². The summed E-state index contributed by atoms with van der Waals surface area (Å²) in [5, 5.41) is 1.81. The molecule has 12 atom stereocenters. The second kappa shape index (κ2) is 28.4. The van der Waals surface area contributed by atoms with Crippen LogP contribution >= 0.6 is 0 Å². The Balaban J connectivity index is 0.000000176. The average Bonchev–Trinajstić information content (AvgIpc) is 1.52. The first-order valence-electron chi connectivity index (χ1n) is 33.6. The average molecular weight is 1380 g/mol. The molecule has 6 aliphatic rings. The lowest BCUT2D eigenvalue weighted by Crippen LogP contribution is -2.58. The summed E-state index contributed by atoms with van der Waals surface area (Å²) >= 11 is 0. The van der Waals surface area contributed by atoms with Crippen LogP contribution in [0.25, 0.3) is 21.8 Å². The fourth-order valence-electron chi connectivity index (χ4n) is 17.0. The van der Waals surface area contributed by atoms with Gasteiger partial charge in [0.25, 0.3) is 20.0 Å². The van der Waals surface area contributed by atoms with Crippen LogP contribution in [-0.2, 0) is 84.1 Å². The van der Waals surface area contributed by atoms with E-state index >= 15 is 0 Å². The highest BCUT2D eigenvalue weighted by Crippen LogP contribution is 2.54. The zero-order valence-corrected chi connectivity index (χ0v) is 58.9. The summed E-state index contributed by atoms with van der Waals surface area (Å²) in [7, 11) is 4.54. The quantitative estimate of drug-likeness (QED) is 0.0731. The molecule has 520 valence electrons. The van der Waals surface area contributed by atoms with Crippen LogP contribution in [0.4, 0.5) is 0 Å². The lowest BCUT2D eigenvalue weighted by molar-refractivity contribution is -0.184. The number of carbonyl (C=O) groups is 2. The molecule has 6 aromatic carbocycles. The van der Waals surface area contributed by atoms with Gasteiger partial charge in [-0.05, 0) is 171 Å². The van der Waals surface area contributed by atoms with Crippen molar-refractivity contribution in [2.45, 2.75) is 112 Å². The van der Waals surface area contributed by atoms with E-state index in [1.165, 1.54) is 14.2 Å². The fourth-order valence-corrected chi connectivity index (χ4v) is 20.2. The zero-order valence-electron chi connectivity index (χ0n) is 57.3. The molecular weight excluding hydrogens is 1290 g/mol. The second-order valence-corrected chi connectivity index (χ2v) is 30.4. The van der Waals surface area contributed by atoms with Crippen molar-refractivity contribution in [2.24, 2.45) is 35.5 Å². The normalized spacial score (nSPS) is 25.2. The van der Waals surface area contributed by atoms with E-state index in [1.54, 1.807) is 74.9 Å². The SMILES string of the molecule is COC(=O)[C@@H]1[C@@H]2C[C@H]3c4c(c5ccc(OC)cc5n4S(=O)(=O)c4ccc(C)cc4)CCN3C[C@@H]2C[C@H](OCc2ccc(OC)cc2)[C@H]1OC.COC(=O)[C@@H]1[C@@H]2C[C@H]3c4c(c5ccc(OC)cc5n4S(=O)(=O)c4ccc(C)cc4)CCN3C[C@@H]2C[C@H](OCc2ccc(OC)cc2)[C@H]1OC. The molecule has 0 radical (unpaired) electrons. The summed E-state index contributed by atoms with van der Waals surface area (Å²) < 4.78 is 119. The van der Waals surface area contributed by atoms with E-state index in [0.717, 1.165) is 80.1 Å². The Morgan fingerprint density at radius 1 is 0.449 bits per heavy atom. The Bertz CT molecular complexity index is 4160. The molecule has 8 aromatic rings. The summed E-state index contributed by atoms with van der Waals surface area (Å²) in [6.07, 6.45) is 2.32. The highest BCUT2D eigenvalue weighted by atomic mass is 32.2. The van der Waals surface area contributed by atoms with E-state index in [0.29, 0.717) is 87.4 Å². The van der Waals surface area contributed by atoms with Crippen LogP contribution in [0.3, 0.4) is 0 Å². The zero-order chi connectivity index (χ0) is 68.9. The molecule has 0 unspecified atom stereocenters. The molecule has 0 bridgehead atoms. The second-order valence-electron chi connectivity index (χ2n) is 26.9. The lowest BCUT2D eigenvalue weighted by Gasteiger charge is -2.53. The minimum Gasteiger partial charge on any atom is -0.497 e. The molecule has 2 aliphatic carbocycles. The molecule has 22 heteroatoms. The number of piperidine rings is 2. The van der Waals surface area contributed by atoms with Crippen LogP contribution in [0.5, 0.6) is 23.0 Å². The monoisotopic (exact) mass is 1380 g/mol. The largest absolute Gasteiger partial charge is 0.497 e. The predicted molar refractivity (Wildman–Crippen MR) is 369 cm³/mol. The van der Waals surface area contributed by atoms with Crippen LogP contribution in [0.1, 0.15) is 82.5 Å². The van der Waals surface area contributed by atoms with Gasteiger partial charge in [-0.25, -0.2) is 24.8 Å². The maximum absolute atomic E-state index is 14.6. The van der Waals surface area contributed by atoms with E-state index in [9.17, 15) is 26.4 Å². The van der Waals surface area contributed by atoms with Gasteiger partial charge in [-0.1, -0.05) is 59.7 Å². The molecule has 2 saturated heterocycles. The molecule has 4 aliphatic heterocycles. The van der Waals surface area contributed by atoms with Gasteiger partial charge in [-0.15, -0.1) is 0 Å². The first kappa shape index (κ1) is 68.7. The number of rotatable bonds is 18. The number of hydrogen-bond acceptors (Lipinski definition) is 18. The number of carbonyl (C=O) groups excluding carboxylic acids is 2. The van der Waals surface area contributed by atoms with Gasteiger partial charge in [0.15, 0.2) is 0 Å². The van der Waals surface area contributed by atoms with E-state index in [1.807, 2.05) is 123 Å². The van der Waals surface area contributed by atoms with Crippen molar-refractivity contribution in [1.82, 2.24) is 17.7 Å². The number of methoxy groups -OCH3 is 8. The Hall–Kier alpha value is -7.80. The van der Waals surface area contributed by atoms with Crippen molar-refractivity contribution >= 4 is 53.8 Å². The van der Waals surface area contributed by atoms with Gasteiger partial charge in [-0.3, -0.25) is 19.4 Å². The Morgan fingerprint density at radius 2 is 0.806 bits per heavy atom. The minimum atomic E-state index is -3.99. The smallest absolute Gasteiger partial charge is 0.311 e. The maximum Gasteiger partial charge on any atom is 0.311 e. The van der Waals surface area contributed by atoms with Crippen molar-refractivity contribution < 1.29 is 73.8 Å². The Morgan fingerprint density at radius 3 is 1.14 bits per heavy atom. The molecule has 2 aromatic heterocycles. The Labute approximate surface area is 574 Å². The minimum absolute atomic E-state index is 0.103. The molecule has 0 N–H and O–H groups in total. The third kappa shape index (κ3) is 12.7. The molecule has 0 amide bonds. The van der Waals surface area contributed by atoms with Gasteiger partial charge < -0.3 is 47.4 Å². The number of ether oxygens (including phenoxy) is 10. The van der Waals surface area contributed by atoms with Gasteiger partial charge in [-0.2, -0.15) is 0 Å². The van der Waals surface area contributed by atoms with Crippen molar-refractivity contribution in [3.05, 3.63) is 178 Å². The first-order valence-corrected chi connectivity index (χ1v) is 36.5. The van der Waals surface area contributed by atoms with E-state index in [2.05, 4.69) is 9.80 Å². The highest BCUT2D eigenvalue weighted by Gasteiger charge is 2.57. The van der Waals surface area contributed by atoms with Crippen LogP contribution in [0.15, 0.2) is 143 Å². The van der Waals surface area contributed by atoms with Gasteiger partial charge in [0.2, 0.25) is 0 Å². The first-order chi connectivity index (χ1) is 47.3. The van der Waals surface area contributed by atoms with E-state index in [4.69, 9.17) is 47.4 Å². The molecule has 0 spiro atoms. The predicted octanol–water partition coefficient (Wildman–Crippen LogP) is 11.1. The third-order valence-corrected chi connectivity index (χ3v) is 25.3. The number of benzene rings is 6. The maximum atomic E-state index is 14.6. The molecule has 6 heterocycles. The van der Waals surface area contributed by atoms with E-state index in [-0.39, 0.29) is 69.7 Å².